The second-order valence-corrected chi connectivity index (χ2v) is 7.94. The van der Waals surface area contributed by atoms with E-state index in [9.17, 15) is 22.4 Å². The van der Waals surface area contributed by atoms with Gasteiger partial charge in [0.15, 0.2) is 17.5 Å². The highest BCUT2D eigenvalue weighted by Gasteiger charge is 2.26. The first kappa shape index (κ1) is 21.8. The van der Waals surface area contributed by atoms with Crippen molar-refractivity contribution < 1.29 is 31.8 Å². The number of benzene rings is 2. The molecular formula is C21H17BrF4N2O3. The van der Waals surface area contributed by atoms with E-state index in [0.29, 0.717) is 6.61 Å². The van der Waals surface area contributed by atoms with Crippen molar-refractivity contribution >= 4 is 32.9 Å². The molecule has 10 heteroatoms. The van der Waals surface area contributed by atoms with Crippen molar-refractivity contribution in [3.63, 3.8) is 0 Å². The Hall–Kier alpha value is -2.46. The molecule has 0 spiro atoms. The molecule has 0 saturated carbocycles. The first-order chi connectivity index (χ1) is 14.8. The van der Waals surface area contributed by atoms with Crippen LogP contribution in [-0.4, -0.2) is 34.8 Å². The fourth-order valence-electron chi connectivity index (χ4n) is 3.46. The first-order valence-electron chi connectivity index (χ1n) is 9.59. The number of nitrogens with zero attached hydrogens (tertiary/aromatic N) is 2. The SMILES string of the molecule is CCOC(=O)c1cc(F)c2nc(Cc3c(F)cc(Br)c(F)c3F)n(C[C@@H]3CCO3)c2c1. The van der Waals surface area contributed by atoms with Crippen molar-refractivity contribution in [3.8, 4) is 0 Å². The molecular weight excluding hydrogens is 484 g/mol. The molecule has 31 heavy (non-hydrogen) atoms. The zero-order valence-corrected chi connectivity index (χ0v) is 17.9. The van der Waals surface area contributed by atoms with E-state index in [1.54, 1.807) is 11.5 Å². The number of carbonyl (C=O) groups excluding carboxylic acids is 1. The minimum Gasteiger partial charge on any atom is -0.462 e. The molecule has 1 aliphatic rings. The number of halogens is 5. The van der Waals surface area contributed by atoms with Crippen LogP contribution in [0.2, 0.25) is 0 Å². The molecule has 5 nitrogen and oxygen atoms in total. The van der Waals surface area contributed by atoms with E-state index >= 15 is 0 Å². The highest BCUT2D eigenvalue weighted by molar-refractivity contribution is 9.10. The van der Waals surface area contributed by atoms with E-state index in [1.165, 1.54) is 6.07 Å². The predicted octanol–water partition coefficient (Wildman–Crippen LogP) is 4.91. The third kappa shape index (κ3) is 4.06. The first-order valence-corrected chi connectivity index (χ1v) is 10.4. The Morgan fingerprint density at radius 3 is 2.61 bits per heavy atom. The molecule has 2 aromatic carbocycles. The summed E-state index contributed by atoms with van der Waals surface area (Å²) < 4.78 is 69.2. The van der Waals surface area contributed by atoms with Crippen LogP contribution >= 0.6 is 15.9 Å². The Bertz CT molecular complexity index is 1180. The number of imidazole rings is 1. The summed E-state index contributed by atoms with van der Waals surface area (Å²) in [6, 6.07) is 3.25. The lowest BCUT2D eigenvalue weighted by atomic mass is 10.1. The zero-order valence-electron chi connectivity index (χ0n) is 16.4. The topological polar surface area (TPSA) is 53.3 Å². The second-order valence-electron chi connectivity index (χ2n) is 7.09. The minimum atomic E-state index is -1.35. The van der Waals surface area contributed by atoms with Crippen molar-refractivity contribution in [2.45, 2.75) is 32.4 Å². The lowest BCUT2D eigenvalue weighted by molar-refractivity contribution is -0.0589. The summed E-state index contributed by atoms with van der Waals surface area (Å²) in [5.74, 6) is -4.90. The molecule has 3 aromatic rings. The molecule has 1 aromatic heterocycles. The molecule has 0 radical (unpaired) electrons. The highest BCUT2D eigenvalue weighted by atomic mass is 79.9. The van der Waals surface area contributed by atoms with Crippen molar-refractivity contribution in [2.24, 2.45) is 0 Å². The summed E-state index contributed by atoms with van der Waals surface area (Å²) in [4.78, 5) is 16.3. The summed E-state index contributed by atoms with van der Waals surface area (Å²) in [6.45, 7) is 2.55. The molecule has 0 amide bonds. The van der Waals surface area contributed by atoms with Crippen LogP contribution in [0.1, 0.15) is 35.1 Å². The van der Waals surface area contributed by atoms with E-state index < -0.39 is 41.2 Å². The van der Waals surface area contributed by atoms with E-state index in [0.717, 1.165) is 18.6 Å². The van der Waals surface area contributed by atoms with Gasteiger partial charge in [-0.05, 0) is 47.5 Å². The van der Waals surface area contributed by atoms with Crippen LogP contribution in [0, 0.1) is 23.3 Å². The number of rotatable bonds is 6. The van der Waals surface area contributed by atoms with Gasteiger partial charge in [0.2, 0.25) is 0 Å². The van der Waals surface area contributed by atoms with Crippen molar-refractivity contribution in [1.29, 1.82) is 0 Å². The molecule has 4 rings (SSSR count). The number of ether oxygens (including phenoxy) is 2. The van der Waals surface area contributed by atoms with Gasteiger partial charge in [0, 0.05) is 18.6 Å². The third-order valence-corrected chi connectivity index (χ3v) is 5.70. The maximum Gasteiger partial charge on any atom is 0.338 e. The Morgan fingerprint density at radius 2 is 1.97 bits per heavy atom. The van der Waals surface area contributed by atoms with Crippen molar-refractivity contribution in [2.75, 3.05) is 13.2 Å². The Balaban J connectivity index is 1.85. The maximum atomic E-state index is 14.8. The van der Waals surface area contributed by atoms with Gasteiger partial charge in [-0.2, -0.15) is 0 Å². The molecule has 0 unspecified atom stereocenters. The van der Waals surface area contributed by atoms with E-state index in [2.05, 4.69) is 20.9 Å². The lowest BCUT2D eigenvalue weighted by Gasteiger charge is -2.27. The fourth-order valence-corrected chi connectivity index (χ4v) is 3.83. The minimum absolute atomic E-state index is 0.0128. The second kappa shape index (κ2) is 8.58. The number of carbonyl (C=O) groups is 1. The predicted molar refractivity (Wildman–Crippen MR) is 107 cm³/mol. The average molecular weight is 501 g/mol. The smallest absolute Gasteiger partial charge is 0.338 e. The number of esters is 1. The zero-order chi connectivity index (χ0) is 22.3. The van der Waals surface area contributed by atoms with Crippen LogP contribution in [0.4, 0.5) is 17.6 Å². The van der Waals surface area contributed by atoms with E-state index in [4.69, 9.17) is 9.47 Å². The van der Waals surface area contributed by atoms with Gasteiger partial charge in [0.05, 0.1) is 34.8 Å². The molecule has 0 aliphatic carbocycles. The summed E-state index contributed by atoms with van der Waals surface area (Å²) >= 11 is 2.77. The van der Waals surface area contributed by atoms with Gasteiger partial charge in [-0.1, -0.05) is 0 Å². The normalized spacial score (nSPS) is 15.9. The fraction of sp³-hybridized carbons (Fsp3) is 0.333. The van der Waals surface area contributed by atoms with E-state index in [1.807, 2.05) is 0 Å². The van der Waals surface area contributed by atoms with Gasteiger partial charge in [0.25, 0.3) is 0 Å². The van der Waals surface area contributed by atoms with Gasteiger partial charge >= 0.3 is 5.97 Å². The lowest BCUT2D eigenvalue weighted by Crippen LogP contribution is -2.31. The third-order valence-electron chi connectivity index (χ3n) is 5.12. The Morgan fingerprint density at radius 1 is 1.23 bits per heavy atom. The van der Waals surface area contributed by atoms with Crippen LogP contribution in [0.3, 0.4) is 0 Å². The number of hydrogen-bond acceptors (Lipinski definition) is 4. The molecule has 2 heterocycles. The van der Waals surface area contributed by atoms with Crippen molar-refractivity contribution in [1.82, 2.24) is 9.55 Å². The molecule has 1 saturated heterocycles. The molecule has 1 fully saturated rings. The van der Waals surface area contributed by atoms with Crippen LogP contribution in [0.5, 0.6) is 0 Å². The molecule has 164 valence electrons. The van der Waals surface area contributed by atoms with Crippen LogP contribution in [-0.2, 0) is 22.4 Å². The molecule has 0 N–H and O–H groups in total. The van der Waals surface area contributed by atoms with E-state index in [-0.39, 0.29) is 46.1 Å². The summed E-state index contributed by atoms with van der Waals surface area (Å²) in [5.41, 5.74) is -0.355. The standard InChI is InChI=1S/C21H17BrF4N2O3/c1-2-30-21(29)10-5-15(24)20-16(6-10)28(9-11-3-4-31-11)17(27-20)7-12-14(23)8-13(22)19(26)18(12)25/h5-6,8,11H,2-4,7,9H2,1H3/t11-/m0/s1. The number of aromatic nitrogens is 2. The molecule has 1 atom stereocenters. The number of hydrogen-bond donors (Lipinski definition) is 0. The highest BCUT2D eigenvalue weighted by Crippen LogP contribution is 2.29. The van der Waals surface area contributed by atoms with Gasteiger partial charge in [-0.15, -0.1) is 0 Å². The van der Waals surface area contributed by atoms with Crippen molar-refractivity contribution in [3.05, 3.63) is 62.9 Å². The molecule has 0 bridgehead atoms. The van der Waals surface area contributed by atoms with Crippen LogP contribution < -0.4 is 0 Å². The summed E-state index contributed by atoms with van der Waals surface area (Å²) in [5, 5.41) is 0. The maximum absolute atomic E-state index is 14.8. The van der Waals surface area contributed by atoms with Gasteiger partial charge in [-0.3, -0.25) is 0 Å². The van der Waals surface area contributed by atoms with Gasteiger partial charge in [0.1, 0.15) is 17.2 Å². The average Bonchev–Trinajstić information content (AvgIpc) is 3.04. The van der Waals surface area contributed by atoms with Gasteiger partial charge in [-0.25, -0.2) is 27.3 Å². The summed E-state index contributed by atoms with van der Waals surface area (Å²) in [7, 11) is 0. The summed E-state index contributed by atoms with van der Waals surface area (Å²) in [6.07, 6.45) is 0.133. The van der Waals surface area contributed by atoms with Crippen LogP contribution in [0.25, 0.3) is 11.0 Å². The van der Waals surface area contributed by atoms with Crippen LogP contribution in [0.15, 0.2) is 22.7 Å². The van der Waals surface area contributed by atoms with Gasteiger partial charge < -0.3 is 14.0 Å². The number of fused-ring (bicyclic) bond motifs is 1. The monoisotopic (exact) mass is 500 g/mol. The molecule has 1 aliphatic heterocycles. The quantitative estimate of drug-likeness (QED) is 0.209. The Labute approximate surface area is 183 Å². The Kier molecular flexibility index (Phi) is 6.02. The largest absolute Gasteiger partial charge is 0.462 e.